The fourth-order valence-electron chi connectivity index (χ4n) is 3.69. The lowest BCUT2D eigenvalue weighted by molar-refractivity contribution is -0.123. The van der Waals surface area contributed by atoms with E-state index >= 15 is 0 Å². The molecule has 0 spiro atoms. The summed E-state index contributed by atoms with van der Waals surface area (Å²) in [6.45, 7) is 0.252. The summed E-state index contributed by atoms with van der Waals surface area (Å²) in [5, 5.41) is 8.56. The molecule has 0 radical (unpaired) electrons. The highest BCUT2D eigenvalue weighted by Crippen LogP contribution is 2.27. The molecule has 2 aromatic rings. The third kappa shape index (κ3) is 7.54. The van der Waals surface area contributed by atoms with Crippen molar-refractivity contribution in [1.29, 1.82) is 0 Å². The third-order valence-corrected chi connectivity index (χ3v) is 5.56. The number of ether oxygens (including phenoxy) is 1. The largest absolute Gasteiger partial charge is 0.495 e. The molecule has 8 nitrogen and oxygen atoms in total. The average Bonchev–Trinajstić information content (AvgIpc) is 2.80. The van der Waals surface area contributed by atoms with Crippen molar-refractivity contribution in [3.05, 3.63) is 53.3 Å². The molecule has 2 atom stereocenters. The fourth-order valence-corrected chi connectivity index (χ4v) is 3.81. The molecular weight excluding hydrogens is 456 g/mol. The van der Waals surface area contributed by atoms with Crippen molar-refractivity contribution in [2.45, 2.75) is 24.8 Å². The van der Waals surface area contributed by atoms with Crippen molar-refractivity contribution in [3.8, 4) is 5.75 Å². The number of rotatable bonds is 8. The van der Waals surface area contributed by atoms with Crippen molar-refractivity contribution >= 4 is 29.2 Å². The average molecular weight is 482 g/mol. The van der Waals surface area contributed by atoms with Crippen LogP contribution in [-0.4, -0.2) is 67.6 Å². The molecular formula is C22H26ClF2N5O3. The number of nitrogens with zero attached hydrogens (tertiary/aromatic N) is 2. The number of carbonyl (C=O) groups is 2. The number of benzene rings is 1. The molecule has 178 valence electrons. The summed E-state index contributed by atoms with van der Waals surface area (Å²) in [6.07, 6.45) is -0.456. The number of amides is 3. The van der Waals surface area contributed by atoms with Crippen LogP contribution in [0.15, 0.2) is 42.6 Å². The summed E-state index contributed by atoms with van der Waals surface area (Å²) in [7, 11) is 1.54. The Labute approximate surface area is 195 Å². The Morgan fingerprint density at radius 2 is 2.00 bits per heavy atom. The second kappa shape index (κ2) is 11.8. The maximum absolute atomic E-state index is 12.6. The summed E-state index contributed by atoms with van der Waals surface area (Å²) >= 11 is 5.88. The fraction of sp³-hybridized carbons (Fsp3) is 0.409. The summed E-state index contributed by atoms with van der Waals surface area (Å²) in [5.41, 5.74) is 1.33. The van der Waals surface area contributed by atoms with Gasteiger partial charge in [-0.15, -0.1) is 0 Å². The van der Waals surface area contributed by atoms with Crippen molar-refractivity contribution in [2.24, 2.45) is 0 Å². The molecule has 0 aliphatic carbocycles. The van der Waals surface area contributed by atoms with E-state index in [1.807, 2.05) is 11.0 Å². The zero-order valence-electron chi connectivity index (χ0n) is 18.1. The van der Waals surface area contributed by atoms with E-state index in [0.717, 1.165) is 5.69 Å². The number of alkyl halides is 2. The minimum atomic E-state index is -2.60. The zero-order chi connectivity index (χ0) is 23.8. The zero-order valence-corrected chi connectivity index (χ0v) is 18.8. The first kappa shape index (κ1) is 24.7. The van der Waals surface area contributed by atoms with Crippen molar-refractivity contribution in [3.63, 3.8) is 0 Å². The SMILES string of the molecule is COc1ccc(C2CN(CC(=O)NCC(F)F)CCC2NC(=O)Nc2ccc(Cl)cc2)nc1. The number of likely N-dealkylation sites (tertiary alicyclic amines) is 1. The third-order valence-electron chi connectivity index (χ3n) is 5.31. The number of aromatic nitrogens is 1. The number of nitrogens with one attached hydrogen (secondary N) is 3. The number of anilines is 1. The molecule has 1 aromatic heterocycles. The predicted molar refractivity (Wildman–Crippen MR) is 121 cm³/mol. The Kier molecular flexibility index (Phi) is 8.79. The minimum Gasteiger partial charge on any atom is -0.495 e. The molecule has 1 fully saturated rings. The van der Waals surface area contributed by atoms with Gasteiger partial charge in [0.15, 0.2) is 0 Å². The second-order valence-corrected chi connectivity index (χ2v) is 8.10. The van der Waals surface area contributed by atoms with Crippen molar-refractivity contribution in [1.82, 2.24) is 20.5 Å². The van der Waals surface area contributed by atoms with Crippen LogP contribution in [0.4, 0.5) is 19.3 Å². The molecule has 1 aliphatic rings. The van der Waals surface area contributed by atoms with Crippen LogP contribution in [-0.2, 0) is 4.79 Å². The van der Waals surface area contributed by atoms with Gasteiger partial charge in [0.1, 0.15) is 5.75 Å². The van der Waals surface area contributed by atoms with Gasteiger partial charge in [-0.05, 0) is 42.8 Å². The molecule has 2 heterocycles. The lowest BCUT2D eigenvalue weighted by Gasteiger charge is -2.38. The monoisotopic (exact) mass is 481 g/mol. The normalized spacial score (nSPS) is 18.6. The quantitative estimate of drug-likeness (QED) is 0.538. The molecule has 3 N–H and O–H groups in total. The number of urea groups is 1. The van der Waals surface area contributed by atoms with Crippen LogP contribution in [0, 0.1) is 0 Å². The van der Waals surface area contributed by atoms with Gasteiger partial charge in [-0.2, -0.15) is 0 Å². The molecule has 1 aliphatic heterocycles. The van der Waals surface area contributed by atoms with E-state index in [1.165, 1.54) is 0 Å². The number of piperidine rings is 1. The molecule has 0 saturated carbocycles. The Bertz CT molecular complexity index is 931. The summed E-state index contributed by atoms with van der Waals surface area (Å²) < 4.78 is 29.9. The smallest absolute Gasteiger partial charge is 0.319 e. The Morgan fingerprint density at radius 3 is 2.64 bits per heavy atom. The minimum absolute atomic E-state index is 0.0108. The van der Waals surface area contributed by atoms with Crippen molar-refractivity contribution < 1.29 is 23.1 Å². The van der Waals surface area contributed by atoms with E-state index in [9.17, 15) is 18.4 Å². The van der Waals surface area contributed by atoms with Crippen LogP contribution >= 0.6 is 11.6 Å². The lowest BCUT2D eigenvalue weighted by Crippen LogP contribution is -2.52. The first-order valence-electron chi connectivity index (χ1n) is 10.4. The van der Waals surface area contributed by atoms with E-state index in [-0.39, 0.29) is 24.5 Å². The van der Waals surface area contributed by atoms with Gasteiger partial charge >= 0.3 is 6.03 Å². The Morgan fingerprint density at radius 1 is 1.24 bits per heavy atom. The first-order valence-corrected chi connectivity index (χ1v) is 10.8. The first-order chi connectivity index (χ1) is 15.8. The lowest BCUT2D eigenvalue weighted by atomic mass is 9.88. The van der Waals surface area contributed by atoms with Crippen LogP contribution < -0.4 is 20.7 Å². The van der Waals surface area contributed by atoms with E-state index < -0.39 is 18.9 Å². The molecule has 1 aromatic carbocycles. The van der Waals surface area contributed by atoms with E-state index in [0.29, 0.717) is 36.0 Å². The number of hydrogen-bond donors (Lipinski definition) is 3. The van der Waals surface area contributed by atoms with Crippen LogP contribution in [0.5, 0.6) is 5.75 Å². The second-order valence-electron chi connectivity index (χ2n) is 7.66. The van der Waals surface area contributed by atoms with Gasteiger partial charge in [-0.25, -0.2) is 13.6 Å². The molecule has 2 unspecified atom stereocenters. The number of methoxy groups -OCH3 is 1. The molecule has 3 rings (SSSR count). The predicted octanol–water partition coefficient (Wildman–Crippen LogP) is 3.10. The molecule has 33 heavy (non-hydrogen) atoms. The highest BCUT2D eigenvalue weighted by atomic mass is 35.5. The van der Waals surface area contributed by atoms with Gasteiger partial charge in [0.2, 0.25) is 5.91 Å². The number of halogens is 3. The van der Waals surface area contributed by atoms with Crippen LogP contribution in [0.1, 0.15) is 18.0 Å². The van der Waals surface area contributed by atoms with Crippen molar-refractivity contribution in [2.75, 3.05) is 38.6 Å². The highest BCUT2D eigenvalue weighted by Gasteiger charge is 2.33. The topological polar surface area (TPSA) is 95.6 Å². The van der Waals surface area contributed by atoms with Crippen LogP contribution in [0.2, 0.25) is 5.02 Å². The van der Waals surface area contributed by atoms with Gasteiger partial charge in [0.05, 0.1) is 26.4 Å². The maximum Gasteiger partial charge on any atom is 0.319 e. The summed E-state index contributed by atoms with van der Waals surface area (Å²) in [5.74, 6) is -0.0880. The van der Waals surface area contributed by atoms with Gasteiger partial charge in [0, 0.05) is 41.5 Å². The number of pyridine rings is 1. The van der Waals surface area contributed by atoms with E-state index in [1.54, 1.807) is 43.6 Å². The molecule has 3 amide bonds. The van der Waals surface area contributed by atoms with Gasteiger partial charge in [-0.1, -0.05) is 11.6 Å². The van der Waals surface area contributed by atoms with E-state index in [2.05, 4.69) is 20.9 Å². The Hall–Kier alpha value is -2.98. The number of hydrogen-bond acceptors (Lipinski definition) is 5. The van der Waals surface area contributed by atoms with Crippen LogP contribution in [0.3, 0.4) is 0 Å². The standard InChI is InChI=1S/C22H26ClF2N5O3/c1-33-16-6-7-18(26-10-16)17-12-30(13-21(31)27-11-20(24)25)9-8-19(17)29-22(32)28-15-4-2-14(23)3-5-15/h2-7,10,17,19-20H,8-9,11-13H2,1H3,(H,27,31)(H2,28,29,32). The summed E-state index contributed by atoms with van der Waals surface area (Å²) in [4.78, 5) is 31.0. The number of carbonyl (C=O) groups excluding carboxylic acids is 2. The molecule has 11 heteroatoms. The van der Waals surface area contributed by atoms with Gasteiger partial charge in [-0.3, -0.25) is 14.7 Å². The molecule has 1 saturated heterocycles. The highest BCUT2D eigenvalue weighted by molar-refractivity contribution is 6.30. The van der Waals surface area contributed by atoms with E-state index in [4.69, 9.17) is 16.3 Å². The Balaban J connectivity index is 1.68. The van der Waals surface area contributed by atoms with Gasteiger partial charge in [0.25, 0.3) is 6.43 Å². The maximum atomic E-state index is 12.6. The summed E-state index contributed by atoms with van der Waals surface area (Å²) in [6, 6.07) is 9.73. The van der Waals surface area contributed by atoms with Crippen LogP contribution in [0.25, 0.3) is 0 Å². The van der Waals surface area contributed by atoms with Gasteiger partial charge < -0.3 is 20.7 Å². The molecule has 0 bridgehead atoms.